The minimum absolute atomic E-state index is 0.0951. The molecule has 0 bridgehead atoms. The maximum absolute atomic E-state index is 11.5. The van der Waals surface area contributed by atoms with Gasteiger partial charge in [-0.1, -0.05) is 49.0 Å². The highest BCUT2D eigenvalue weighted by Crippen LogP contribution is 2.07. The molecule has 122 valence electrons. The van der Waals surface area contributed by atoms with Crippen molar-refractivity contribution in [1.29, 1.82) is 0 Å². The Morgan fingerprint density at radius 1 is 1.23 bits per heavy atom. The van der Waals surface area contributed by atoms with E-state index < -0.39 is 6.09 Å². The van der Waals surface area contributed by atoms with E-state index in [1.165, 1.54) is 11.8 Å². The lowest BCUT2D eigenvalue weighted by Gasteiger charge is -2.15. The summed E-state index contributed by atoms with van der Waals surface area (Å²) in [4.78, 5) is 24.7. The van der Waals surface area contributed by atoms with Gasteiger partial charge in [-0.2, -0.15) is 0 Å². The lowest BCUT2D eigenvalue weighted by molar-refractivity contribution is 0.139. The minimum Gasteiger partial charge on any atom is -0.445 e. The van der Waals surface area contributed by atoms with Crippen LogP contribution in [-0.2, 0) is 11.3 Å². The third-order valence-corrected chi connectivity index (χ3v) is 3.83. The van der Waals surface area contributed by atoms with E-state index in [0.29, 0.717) is 13.1 Å². The normalized spacial score (nSPS) is 10.1. The van der Waals surface area contributed by atoms with Crippen molar-refractivity contribution in [3.63, 3.8) is 0 Å². The maximum atomic E-state index is 11.5. The number of carbonyl (C=O) groups excluding carboxylic acids is 2. The highest BCUT2D eigenvalue weighted by molar-refractivity contribution is 8.13. The molecule has 0 aliphatic heterocycles. The Kier molecular flexibility index (Phi) is 9.14. The second-order valence-electron chi connectivity index (χ2n) is 4.82. The molecule has 0 heterocycles. The molecule has 1 N–H and O–H groups in total. The maximum Gasteiger partial charge on any atom is 0.407 e. The zero-order valence-electron chi connectivity index (χ0n) is 13.2. The third-order valence-electron chi connectivity index (χ3n) is 2.98. The van der Waals surface area contributed by atoms with Crippen molar-refractivity contribution in [1.82, 2.24) is 10.2 Å². The van der Waals surface area contributed by atoms with Gasteiger partial charge in [0.2, 0.25) is 0 Å². The molecule has 0 saturated carbocycles. The molecule has 1 rings (SSSR count). The van der Waals surface area contributed by atoms with Gasteiger partial charge in [0.05, 0.1) is 0 Å². The molecule has 1 aromatic carbocycles. The van der Waals surface area contributed by atoms with E-state index >= 15 is 0 Å². The number of nitrogens with one attached hydrogen (secondary N) is 1. The standard InChI is InChI=1S/C16H24N2O3S/c1-3-22-16(20)18(2)12-8-7-11-17-15(19)21-13-14-9-5-4-6-10-14/h4-6,9-10H,3,7-8,11-13H2,1-2H3,(H,17,19). The molecule has 0 fully saturated rings. The van der Waals surface area contributed by atoms with E-state index in [2.05, 4.69) is 5.32 Å². The number of hydrogen-bond donors (Lipinski definition) is 1. The summed E-state index contributed by atoms with van der Waals surface area (Å²) >= 11 is 1.31. The molecule has 0 saturated heterocycles. The van der Waals surface area contributed by atoms with E-state index in [0.717, 1.165) is 24.2 Å². The second kappa shape index (κ2) is 11.0. The minimum atomic E-state index is -0.408. The molecule has 0 aliphatic carbocycles. The van der Waals surface area contributed by atoms with Gasteiger partial charge in [-0.3, -0.25) is 4.79 Å². The predicted octanol–water partition coefficient (Wildman–Crippen LogP) is 3.50. The van der Waals surface area contributed by atoms with Crippen molar-refractivity contribution < 1.29 is 14.3 Å². The van der Waals surface area contributed by atoms with Crippen LogP contribution >= 0.6 is 11.8 Å². The largest absolute Gasteiger partial charge is 0.445 e. The lowest BCUT2D eigenvalue weighted by Crippen LogP contribution is -2.27. The van der Waals surface area contributed by atoms with E-state index in [1.54, 1.807) is 11.9 Å². The lowest BCUT2D eigenvalue weighted by atomic mass is 10.2. The van der Waals surface area contributed by atoms with Crippen molar-refractivity contribution in [3.8, 4) is 0 Å². The molecule has 2 amide bonds. The average Bonchev–Trinajstić information content (AvgIpc) is 2.53. The summed E-state index contributed by atoms with van der Waals surface area (Å²) in [6.45, 7) is 3.49. The van der Waals surface area contributed by atoms with Gasteiger partial charge in [0.25, 0.3) is 5.24 Å². The Balaban J connectivity index is 2.04. The van der Waals surface area contributed by atoms with E-state index in [9.17, 15) is 9.59 Å². The van der Waals surface area contributed by atoms with Crippen LogP contribution < -0.4 is 5.32 Å². The van der Waals surface area contributed by atoms with Crippen LogP contribution in [0.5, 0.6) is 0 Å². The van der Waals surface area contributed by atoms with E-state index in [1.807, 2.05) is 37.3 Å². The number of amides is 2. The topological polar surface area (TPSA) is 58.6 Å². The van der Waals surface area contributed by atoms with Crippen LogP contribution in [0.15, 0.2) is 30.3 Å². The van der Waals surface area contributed by atoms with Gasteiger partial charge < -0.3 is 15.0 Å². The van der Waals surface area contributed by atoms with Crippen LogP contribution in [0.25, 0.3) is 0 Å². The molecular weight excluding hydrogens is 300 g/mol. The first-order valence-electron chi connectivity index (χ1n) is 7.46. The predicted molar refractivity (Wildman–Crippen MR) is 90.0 cm³/mol. The van der Waals surface area contributed by atoms with Gasteiger partial charge in [0.15, 0.2) is 0 Å². The van der Waals surface area contributed by atoms with E-state index in [4.69, 9.17) is 4.74 Å². The van der Waals surface area contributed by atoms with Crippen molar-refractivity contribution in [2.45, 2.75) is 26.4 Å². The first-order chi connectivity index (χ1) is 10.6. The van der Waals surface area contributed by atoms with Crippen LogP contribution in [-0.4, -0.2) is 42.1 Å². The number of carbonyl (C=O) groups is 2. The van der Waals surface area contributed by atoms with Crippen molar-refractivity contribution >= 4 is 23.1 Å². The summed E-state index contributed by atoms with van der Waals surface area (Å²) in [6, 6.07) is 9.56. The van der Waals surface area contributed by atoms with E-state index in [-0.39, 0.29) is 11.8 Å². The summed E-state index contributed by atoms with van der Waals surface area (Å²) in [5.41, 5.74) is 0.964. The van der Waals surface area contributed by atoms with Crippen LogP contribution in [0.4, 0.5) is 9.59 Å². The van der Waals surface area contributed by atoms with Crippen LogP contribution in [0, 0.1) is 0 Å². The molecule has 1 aromatic rings. The third kappa shape index (κ3) is 7.93. The van der Waals surface area contributed by atoms with Gasteiger partial charge in [-0.15, -0.1) is 0 Å². The summed E-state index contributed by atoms with van der Waals surface area (Å²) in [7, 11) is 1.80. The molecule has 0 radical (unpaired) electrons. The Morgan fingerprint density at radius 2 is 1.95 bits per heavy atom. The zero-order valence-corrected chi connectivity index (χ0v) is 14.0. The molecule has 0 unspecified atom stereocenters. The highest BCUT2D eigenvalue weighted by atomic mass is 32.2. The summed E-state index contributed by atoms with van der Waals surface area (Å²) in [6.07, 6.45) is 1.26. The number of hydrogen-bond acceptors (Lipinski definition) is 4. The molecule has 0 atom stereocenters. The van der Waals surface area contributed by atoms with Gasteiger partial charge in [0, 0.05) is 20.1 Å². The number of rotatable bonds is 8. The Morgan fingerprint density at radius 3 is 2.64 bits per heavy atom. The first-order valence-corrected chi connectivity index (χ1v) is 8.44. The highest BCUT2D eigenvalue weighted by Gasteiger charge is 2.07. The number of ether oxygens (including phenoxy) is 1. The Hall–Kier alpha value is -1.69. The molecule has 0 spiro atoms. The van der Waals surface area contributed by atoms with Crippen LogP contribution in [0.1, 0.15) is 25.3 Å². The van der Waals surface area contributed by atoms with Gasteiger partial charge in [0.1, 0.15) is 6.61 Å². The van der Waals surface area contributed by atoms with Gasteiger partial charge in [-0.25, -0.2) is 4.79 Å². The van der Waals surface area contributed by atoms with Crippen LogP contribution in [0.2, 0.25) is 0 Å². The SMILES string of the molecule is CCSC(=O)N(C)CCCCNC(=O)OCc1ccccc1. The summed E-state index contributed by atoms with van der Waals surface area (Å²) < 4.78 is 5.11. The zero-order chi connectivity index (χ0) is 16.2. The summed E-state index contributed by atoms with van der Waals surface area (Å²) in [5, 5.41) is 2.81. The number of alkyl carbamates (subject to hydrolysis) is 1. The van der Waals surface area contributed by atoms with Gasteiger partial charge in [-0.05, 0) is 24.2 Å². The monoisotopic (exact) mass is 324 g/mol. The Bertz CT molecular complexity index is 454. The van der Waals surface area contributed by atoms with Crippen molar-refractivity contribution in [2.24, 2.45) is 0 Å². The molecule has 0 aromatic heterocycles. The molecular formula is C16H24N2O3S. The fraction of sp³-hybridized carbons (Fsp3) is 0.500. The molecule has 6 heteroatoms. The Labute approximate surface area is 136 Å². The van der Waals surface area contributed by atoms with Crippen molar-refractivity contribution in [2.75, 3.05) is 25.9 Å². The fourth-order valence-corrected chi connectivity index (χ4v) is 2.32. The summed E-state index contributed by atoms with van der Waals surface area (Å²) in [5.74, 6) is 0.790. The number of nitrogens with zero attached hydrogens (tertiary/aromatic N) is 1. The van der Waals surface area contributed by atoms with Crippen LogP contribution in [0.3, 0.4) is 0 Å². The molecule has 0 aliphatic rings. The number of thioether (sulfide) groups is 1. The second-order valence-corrected chi connectivity index (χ2v) is 6.03. The first kappa shape index (κ1) is 18.4. The molecule has 5 nitrogen and oxygen atoms in total. The quantitative estimate of drug-likeness (QED) is 0.744. The molecule has 22 heavy (non-hydrogen) atoms. The number of benzene rings is 1. The smallest absolute Gasteiger partial charge is 0.407 e. The fourth-order valence-electron chi connectivity index (χ4n) is 1.76. The number of unbranched alkanes of at least 4 members (excludes halogenated alkanes) is 1. The average molecular weight is 324 g/mol. The van der Waals surface area contributed by atoms with Crippen molar-refractivity contribution in [3.05, 3.63) is 35.9 Å². The van der Waals surface area contributed by atoms with Gasteiger partial charge >= 0.3 is 6.09 Å².